The number of pyridine rings is 1. The summed E-state index contributed by atoms with van der Waals surface area (Å²) in [4.78, 5) is 16.5. The number of benzene rings is 1. The zero-order valence-electron chi connectivity index (χ0n) is 11.1. The molecule has 0 atom stereocenters. The summed E-state index contributed by atoms with van der Waals surface area (Å²) in [7, 11) is 0. The third-order valence-corrected chi connectivity index (χ3v) is 3.71. The fourth-order valence-corrected chi connectivity index (χ4v) is 1.85. The van der Waals surface area contributed by atoms with Gasteiger partial charge in [0.25, 0.3) is 5.91 Å². The van der Waals surface area contributed by atoms with E-state index in [9.17, 15) is 4.79 Å². The molecule has 0 bridgehead atoms. The van der Waals surface area contributed by atoms with Gasteiger partial charge in [0.05, 0.1) is 11.1 Å². The van der Waals surface area contributed by atoms with Crippen LogP contribution >= 0.6 is 11.6 Å². The van der Waals surface area contributed by atoms with E-state index in [4.69, 9.17) is 11.6 Å². The Balaban J connectivity index is 2.23. The third kappa shape index (κ3) is 3.24. The second-order valence-electron chi connectivity index (χ2n) is 5.36. The van der Waals surface area contributed by atoms with Gasteiger partial charge in [0, 0.05) is 24.0 Å². The van der Waals surface area contributed by atoms with E-state index in [1.165, 1.54) is 0 Å². The Bertz CT molecular complexity index is 590. The van der Waals surface area contributed by atoms with Gasteiger partial charge in [-0.15, -0.1) is 11.6 Å². The molecule has 1 aromatic carbocycles. The summed E-state index contributed by atoms with van der Waals surface area (Å²) in [5.74, 6) is 0.418. The SMILES string of the molecule is CC(C)(CCl)CNC(=O)c1ccnc2ccccc12. The Kier molecular flexibility index (Phi) is 4.05. The van der Waals surface area contributed by atoms with E-state index >= 15 is 0 Å². The van der Waals surface area contributed by atoms with Gasteiger partial charge in [0.1, 0.15) is 0 Å². The number of alkyl halides is 1. The summed E-state index contributed by atoms with van der Waals surface area (Å²) < 4.78 is 0. The highest BCUT2D eigenvalue weighted by molar-refractivity contribution is 6.18. The molecule has 19 heavy (non-hydrogen) atoms. The minimum Gasteiger partial charge on any atom is -0.351 e. The van der Waals surface area contributed by atoms with Crippen molar-refractivity contribution in [3.05, 3.63) is 42.1 Å². The molecular formula is C15H17ClN2O. The van der Waals surface area contributed by atoms with Gasteiger partial charge in [-0.1, -0.05) is 32.0 Å². The van der Waals surface area contributed by atoms with E-state index < -0.39 is 0 Å². The highest BCUT2D eigenvalue weighted by atomic mass is 35.5. The zero-order valence-corrected chi connectivity index (χ0v) is 11.9. The van der Waals surface area contributed by atoms with E-state index in [1.54, 1.807) is 12.3 Å². The maximum atomic E-state index is 12.2. The Morgan fingerprint density at radius 2 is 2.05 bits per heavy atom. The molecular weight excluding hydrogens is 260 g/mol. The molecule has 2 aromatic rings. The Hall–Kier alpha value is -1.61. The number of carbonyl (C=O) groups excluding carboxylic acids is 1. The van der Waals surface area contributed by atoms with Gasteiger partial charge < -0.3 is 5.32 Å². The first-order chi connectivity index (χ1) is 9.03. The highest BCUT2D eigenvalue weighted by Gasteiger charge is 2.18. The van der Waals surface area contributed by atoms with Gasteiger partial charge >= 0.3 is 0 Å². The average molecular weight is 277 g/mol. The molecule has 0 saturated heterocycles. The molecule has 1 amide bonds. The third-order valence-electron chi connectivity index (χ3n) is 2.98. The molecule has 0 unspecified atom stereocenters. The van der Waals surface area contributed by atoms with Crippen LogP contribution in [0.25, 0.3) is 10.9 Å². The molecule has 1 heterocycles. The van der Waals surface area contributed by atoms with Crippen molar-refractivity contribution in [1.82, 2.24) is 10.3 Å². The van der Waals surface area contributed by atoms with Gasteiger partial charge in [-0.25, -0.2) is 0 Å². The van der Waals surface area contributed by atoms with E-state index in [1.807, 2.05) is 38.1 Å². The number of nitrogens with one attached hydrogen (secondary N) is 1. The van der Waals surface area contributed by atoms with Crippen LogP contribution in [0.4, 0.5) is 0 Å². The first-order valence-corrected chi connectivity index (χ1v) is 6.75. The Morgan fingerprint density at radius 1 is 1.32 bits per heavy atom. The number of aromatic nitrogens is 1. The lowest BCUT2D eigenvalue weighted by molar-refractivity contribution is 0.0941. The second kappa shape index (κ2) is 5.57. The molecule has 0 aliphatic rings. The summed E-state index contributed by atoms with van der Waals surface area (Å²) in [5, 5.41) is 3.80. The number of halogens is 1. The van der Waals surface area contributed by atoms with Crippen molar-refractivity contribution in [2.75, 3.05) is 12.4 Å². The molecule has 0 saturated carbocycles. The van der Waals surface area contributed by atoms with E-state index in [0.717, 1.165) is 10.9 Å². The van der Waals surface area contributed by atoms with Crippen LogP contribution in [0.1, 0.15) is 24.2 Å². The van der Waals surface area contributed by atoms with Crippen molar-refractivity contribution < 1.29 is 4.79 Å². The Morgan fingerprint density at radius 3 is 2.79 bits per heavy atom. The monoisotopic (exact) mass is 276 g/mol. The number of nitrogens with zero attached hydrogens (tertiary/aromatic N) is 1. The van der Waals surface area contributed by atoms with Crippen LogP contribution in [0.2, 0.25) is 0 Å². The zero-order chi connectivity index (χ0) is 13.9. The molecule has 100 valence electrons. The van der Waals surface area contributed by atoms with Crippen LogP contribution in [-0.2, 0) is 0 Å². The average Bonchev–Trinajstić information content (AvgIpc) is 2.44. The van der Waals surface area contributed by atoms with Gasteiger partial charge in [-0.05, 0) is 17.5 Å². The molecule has 4 heteroatoms. The fourth-order valence-electron chi connectivity index (χ4n) is 1.76. The second-order valence-corrected chi connectivity index (χ2v) is 5.62. The van der Waals surface area contributed by atoms with Crippen molar-refractivity contribution in [1.29, 1.82) is 0 Å². The summed E-state index contributed by atoms with van der Waals surface area (Å²) >= 11 is 5.86. The maximum Gasteiger partial charge on any atom is 0.252 e. The predicted octanol–water partition coefficient (Wildman–Crippen LogP) is 3.23. The smallest absolute Gasteiger partial charge is 0.252 e. The number of carbonyl (C=O) groups is 1. The van der Waals surface area contributed by atoms with Crippen LogP contribution in [0.3, 0.4) is 0 Å². The highest BCUT2D eigenvalue weighted by Crippen LogP contribution is 2.18. The summed E-state index contributed by atoms with van der Waals surface area (Å²) in [6.07, 6.45) is 1.66. The lowest BCUT2D eigenvalue weighted by atomic mass is 9.96. The maximum absolute atomic E-state index is 12.2. The first kappa shape index (κ1) is 13.8. The van der Waals surface area contributed by atoms with Gasteiger partial charge in [0.15, 0.2) is 0 Å². The standard InChI is InChI=1S/C15H17ClN2O/c1-15(2,9-16)10-18-14(19)12-7-8-17-13-6-4-3-5-11(12)13/h3-8H,9-10H2,1-2H3,(H,18,19). The van der Waals surface area contributed by atoms with Crippen LogP contribution in [0.5, 0.6) is 0 Å². The molecule has 1 aromatic heterocycles. The van der Waals surface area contributed by atoms with Crippen LogP contribution in [0.15, 0.2) is 36.5 Å². The minimum atomic E-state index is -0.111. The van der Waals surface area contributed by atoms with E-state index in [2.05, 4.69) is 10.3 Å². The molecule has 0 spiro atoms. The molecule has 3 nitrogen and oxygen atoms in total. The number of amides is 1. The number of fused-ring (bicyclic) bond motifs is 1. The van der Waals surface area contributed by atoms with E-state index in [0.29, 0.717) is 18.0 Å². The number of para-hydroxylation sites is 1. The fraction of sp³-hybridized carbons (Fsp3) is 0.333. The largest absolute Gasteiger partial charge is 0.351 e. The molecule has 2 rings (SSSR count). The van der Waals surface area contributed by atoms with Crippen molar-refractivity contribution in [3.63, 3.8) is 0 Å². The van der Waals surface area contributed by atoms with Gasteiger partial charge in [-0.2, -0.15) is 0 Å². The Labute approximate surface area is 118 Å². The van der Waals surface area contributed by atoms with Gasteiger partial charge in [-0.3, -0.25) is 9.78 Å². The number of rotatable bonds is 4. The summed E-state index contributed by atoms with van der Waals surface area (Å²) in [6.45, 7) is 4.59. The normalized spacial score (nSPS) is 11.5. The molecule has 0 aliphatic carbocycles. The molecule has 0 radical (unpaired) electrons. The molecule has 1 N–H and O–H groups in total. The molecule has 0 aliphatic heterocycles. The number of hydrogen-bond donors (Lipinski definition) is 1. The molecule has 0 fully saturated rings. The minimum absolute atomic E-state index is 0.0863. The van der Waals surface area contributed by atoms with Crippen LogP contribution in [0, 0.1) is 5.41 Å². The topological polar surface area (TPSA) is 42.0 Å². The van der Waals surface area contributed by atoms with Gasteiger partial charge in [0.2, 0.25) is 0 Å². The van der Waals surface area contributed by atoms with Crippen molar-refractivity contribution >= 4 is 28.4 Å². The van der Waals surface area contributed by atoms with Crippen molar-refractivity contribution in [3.8, 4) is 0 Å². The lowest BCUT2D eigenvalue weighted by Gasteiger charge is -2.21. The summed E-state index contributed by atoms with van der Waals surface area (Å²) in [6, 6.07) is 9.36. The summed E-state index contributed by atoms with van der Waals surface area (Å²) in [5.41, 5.74) is 1.36. The first-order valence-electron chi connectivity index (χ1n) is 6.21. The van der Waals surface area contributed by atoms with Crippen molar-refractivity contribution in [2.45, 2.75) is 13.8 Å². The predicted molar refractivity (Wildman–Crippen MR) is 78.6 cm³/mol. The van der Waals surface area contributed by atoms with Crippen LogP contribution in [-0.4, -0.2) is 23.3 Å². The van der Waals surface area contributed by atoms with Crippen molar-refractivity contribution in [2.24, 2.45) is 5.41 Å². The van der Waals surface area contributed by atoms with E-state index in [-0.39, 0.29) is 11.3 Å². The quantitative estimate of drug-likeness (QED) is 0.871. The number of hydrogen-bond acceptors (Lipinski definition) is 2. The lowest BCUT2D eigenvalue weighted by Crippen LogP contribution is -2.35. The van der Waals surface area contributed by atoms with Crippen LogP contribution < -0.4 is 5.32 Å².